The highest BCUT2D eigenvalue weighted by atomic mass is 35.5. The highest BCUT2D eigenvalue weighted by Gasteiger charge is 2.22. The molecule has 0 unspecified atom stereocenters. The van der Waals surface area contributed by atoms with Crippen LogP contribution >= 0.6 is 23.2 Å². The number of aromatic nitrogens is 2. The number of carboxylic acids is 1. The summed E-state index contributed by atoms with van der Waals surface area (Å²) in [5.41, 5.74) is -0.0550. The lowest BCUT2D eigenvalue weighted by molar-refractivity contribution is 0.0690. The van der Waals surface area contributed by atoms with Crippen molar-refractivity contribution >= 4 is 29.2 Å². The van der Waals surface area contributed by atoms with Crippen LogP contribution in [0, 0.1) is 12.7 Å². The van der Waals surface area contributed by atoms with Crippen molar-refractivity contribution in [1.82, 2.24) is 9.78 Å². The molecule has 0 aliphatic rings. The zero-order valence-electron chi connectivity index (χ0n) is 9.12. The van der Waals surface area contributed by atoms with Gasteiger partial charge in [-0.3, -0.25) is 0 Å². The van der Waals surface area contributed by atoms with E-state index < -0.39 is 11.8 Å². The molecular formula is C11H7Cl2FN2O2. The van der Waals surface area contributed by atoms with E-state index in [2.05, 4.69) is 5.10 Å². The molecule has 0 aliphatic heterocycles. The van der Waals surface area contributed by atoms with Gasteiger partial charge >= 0.3 is 5.97 Å². The van der Waals surface area contributed by atoms with Crippen molar-refractivity contribution in [2.24, 2.45) is 0 Å². The first-order chi connectivity index (χ1) is 8.43. The Morgan fingerprint density at radius 2 is 2.11 bits per heavy atom. The molecule has 1 aromatic carbocycles. The van der Waals surface area contributed by atoms with Crippen LogP contribution in [-0.2, 0) is 0 Å². The zero-order valence-corrected chi connectivity index (χ0v) is 10.6. The molecule has 0 aliphatic carbocycles. The number of aromatic carboxylic acids is 1. The predicted molar refractivity (Wildman–Crippen MR) is 65.2 cm³/mol. The van der Waals surface area contributed by atoms with E-state index in [4.69, 9.17) is 28.3 Å². The molecule has 2 rings (SSSR count). The average molecular weight is 289 g/mol. The monoisotopic (exact) mass is 288 g/mol. The maximum Gasteiger partial charge on any atom is 0.358 e. The number of carbonyl (C=O) groups is 1. The van der Waals surface area contributed by atoms with Gasteiger partial charge in [-0.2, -0.15) is 5.10 Å². The highest BCUT2D eigenvalue weighted by molar-refractivity contribution is 6.34. The second-order valence-electron chi connectivity index (χ2n) is 3.54. The summed E-state index contributed by atoms with van der Waals surface area (Å²) in [6.07, 6.45) is 0. The van der Waals surface area contributed by atoms with Crippen LogP contribution in [0.2, 0.25) is 10.0 Å². The van der Waals surface area contributed by atoms with E-state index in [1.165, 1.54) is 25.1 Å². The van der Waals surface area contributed by atoms with Crippen molar-refractivity contribution in [3.8, 4) is 5.69 Å². The zero-order chi connectivity index (χ0) is 13.4. The number of para-hydroxylation sites is 1. The summed E-state index contributed by atoms with van der Waals surface area (Å²) in [7, 11) is 0. The fraction of sp³-hybridized carbons (Fsp3) is 0.0909. The van der Waals surface area contributed by atoms with Crippen LogP contribution in [-0.4, -0.2) is 20.9 Å². The molecule has 0 bridgehead atoms. The molecule has 18 heavy (non-hydrogen) atoms. The van der Waals surface area contributed by atoms with E-state index in [1.807, 2.05) is 0 Å². The Labute approximate surface area is 112 Å². The number of benzene rings is 1. The van der Waals surface area contributed by atoms with Gasteiger partial charge in [-0.05, 0) is 19.1 Å². The fourth-order valence-corrected chi connectivity index (χ4v) is 1.97. The third kappa shape index (κ3) is 1.95. The van der Waals surface area contributed by atoms with Crippen molar-refractivity contribution in [1.29, 1.82) is 0 Å². The minimum Gasteiger partial charge on any atom is -0.476 e. The fourth-order valence-electron chi connectivity index (χ4n) is 1.53. The van der Waals surface area contributed by atoms with Gasteiger partial charge in [0.2, 0.25) is 0 Å². The van der Waals surface area contributed by atoms with Crippen LogP contribution in [0.1, 0.15) is 16.2 Å². The molecule has 0 radical (unpaired) electrons. The summed E-state index contributed by atoms with van der Waals surface area (Å²) < 4.78 is 14.8. The topological polar surface area (TPSA) is 55.1 Å². The first kappa shape index (κ1) is 12.9. The first-order valence-electron chi connectivity index (χ1n) is 4.86. The third-order valence-corrected chi connectivity index (χ3v) is 3.15. The van der Waals surface area contributed by atoms with Crippen molar-refractivity contribution in [2.45, 2.75) is 6.92 Å². The maximum atomic E-state index is 13.7. The van der Waals surface area contributed by atoms with E-state index in [9.17, 15) is 9.18 Å². The maximum absolute atomic E-state index is 13.7. The Kier molecular flexibility index (Phi) is 3.28. The third-order valence-electron chi connectivity index (χ3n) is 2.40. The predicted octanol–water partition coefficient (Wildman–Crippen LogP) is 3.32. The molecule has 0 spiro atoms. The summed E-state index contributed by atoms with van der Waals surface area (Å²) in [5.74, 6) is -1.89. The van der Waals surface area contributed by atoms with Crippen LogP contribution in [0.4, 0.5) is 4.39 Å². The molecule has 0 atom stereocenters. The van der Waals surface area contributed by atoms with E-state index in [1.54, 1.807) is 0 Å². The second-order valence-corrected chi connectivity index (χ2v) is 4.32. The lowest BCUT2D eigenvalue weighted by atomic mass is 10.3. The van der Waals surface area contributed by atoms with Crippen molar-refractivity contribution in [3.63, 3.8) is 0 Å². The van der Waals surface area contributed by atoms with Gasteiger partial charge in [-0.15, -0.1) is 0 Å². The van der Waals surface area contributed by atoms with Crippen LogP contribution in [0.3, 0.4) is 0 Å². The van der Waals surface area contributed by atoms with Gasteiger partial charge in [0.1, 0.15) is 11.5 Å². The van der Waals surface area contributed by atoms with Crippen LogP contribution in [0.25, 0.3) is 5.69 Å². The largest absolute Gasteiger partial charge is 0.476 e. The van der Waals surface area contributed by atoms with Gasteiger partial charge in [0, 0.05) is 0 Å². The van der Waals surface area contributed by atoms with E-state index in [0.717, 1.165) is 4.68 Å². The Morgan fingerprint density at radius 3 is 2.61 bits per heavy atom. The van der Waals surface area contributed by atoms with Gasteiger partial charge in [-0.1, -0.05) is 29.3 Å². The van der Waals surface area contributed by atoms with E-state index in [0.29, 0.717) is 5.69 Å². The molecule has 0 saturated heterocycles. The van der Waals surface area contributed by atoms with Gasteiger partial charge in [0.25, 0.3) is 0 Å². The quantitative estimate of drug-likeness (QED) is 0.922. The normalized spacial score (nSPS) is 10.7. The molecular weight excluding hydrogens is 282 g/mol. The molecule has 1 heterocycles. The van der Waals surface area contributed by atoms with Crippen molar-refractivity contribution in [3.05, 3.63) is 45.4 Å². The number of hydrogen-bond donors (Lipinski definition) is 1. The number of halogens is 3. The number of rotatable bonds is 2. The lowest BCUT2D eigenvalue weighted by Crippen LogP contribution is -2.05. The summed E-state index contributed by atoms with van der Waals surface area (Å²) in [6, 6.07) is 4.13. The number of hydrogen-bond acceptors (Lipinski definition) is 2. The molecule has 1 aromatic heterocycles. The van der Waals surface area contributed by atoms with Gasteiger partial charge in [-0.25, -0.2) is 13.9 Å². The molecule has 1 N–H and O–H groups in total. The number of nitrogens with zero attached hydrogens (tertiary/aromatic N) is 2. The molecule has 0 saturated carbocycles. The van der Waals surface area contributed by atoms with Crippen molar-refractivity contribution in [2.75, 3.05) is 0 Å². The molecule has 4 nitrogen and oxygen atoms in total. The number of carboxylic acid groups (broad SMARTS) is 1. The Hall–Kier alpha value is -1.59. The van der Waals surface area contributed by atoms with Crippen LogP contribution < -0.4 is 0 Å². The lowest BCUT2D eigenvalue weighted by Gasteiger charge is -2.07. The summed E-state index contributed by atoms with van der Waals surface area (Å²) in [4.78, 5) is 10.9. The van der Waals surface area contributed by atoms with Gasteiger partial charge in [0.15, 0.2) is 5.69 Å². The van der Waals surface area contributed by atoms with Crippen LogP contribution in [0.15, 0.2) is 18.2 Å². The van der Waals surface area contributed by atoms with E-state index in [-0.39, 0.29) is 21.4 Å². The first-order valence-corrected chi connectivity index (χ1v) is 5.62. The minimum atomic E-state index is -1.28. The summed E-state index contributed by atoms with van der Waals surface area (Å²) >= 11 is 11.7. The average Bonchev–Trinajstić information content (AvgIpc) is 2.57. The Bertz CT molecular complexity index is 620. The smallest absolute Gasteiger partial charge is 0.358 e. The minimum absolute atomic E-state index is 0.0222. The molecule has 2 aromatic rings. The summed E-state index contributed by atoms with van der Waals surface area (Å²) in [6.45, 7) is 1.53. The Balaban J connectivity index is 2.73. The second kappa shape index (κ2) is 4.59. The molecule has 0 amide bonds. The van der Waals surface area contributed by atoms with E-state index >= 15 is 0 Å². The Morgan fingerprint density at radius 1 is 1.44 bits per heavy atom. The van der Waals surface area contributed by atoms with Crippen LogP contribution in [0.5, 0.6) is 0 Å². The highest BCUT2D eigenvalue weighted by Crippen LogP contribution is 2.28. The van der Waals surface area contributed by atoms with Crippen molar-refractivity contribution < 1.29 is 14.3 Å². The van der Waals surface area contributed by atoms with Gasteiger partial charge < -0.3 is 5.11 Å². The molecule has 0 fully saturated rings. The molecule has 7 heteroatoms. The SMILES string of the molecule is Cc1c(Cl)c(C(=O)O)nn1-c1c(F)cccc1Cl. The summed E-state index contributed by atoms with van der Waals surface area (Å²) in [5, 5.41) is 12.7. The standard InChI is InChI=1S/C11H7Cl2FN2O2/c1-5-8(13)9(11(17)18)15-16(5)10-6(12)3-2-4-7(10)14/h2-4H,1H3,(H,17,18). The molecule has 94 valence electrons. The van der Waals surface area contributed by atoms with Gasteiger partial charge in [0.05, 0.1) is 15.7 Å².